The van der Waals surface area contributed by atoms with E-state index in [1.807, 2.05) is 0 Å². The summed E-state index contributed by atoms with van der Waals surface area (Å²) < 4.78 is 10.2. The maximum Gasteiger partial charge on any atom is 0.341 e. The van der Waals surface area contributed by atoms with E-state index in [0.717, 1.165) is 25.7 Å². The van der Waals surface area contributed by atoms with Crippen LogP contribution in [0.4, 0.5) is 0 Å². The molecule has 0 atom stereocenters. The monoisotopic (exact) mass is 307 g/mol. The smallest absolute Gasteiger partial charge is 0.341 e. The number of esters is 1. The fourth-order valence-corrected chi connectivity index (χ4v) is 2.03. The van der Waals surface area contributed by atoms with E-state index in [0.29, 0.717) is 24.3 Å². The first-order valence-corrected chi connectivity index (χ1v) is 7.75. The quantitative estimate of drug-likeness (QED) is 0.533. The molecule has 0 radical (unpaired) electrons. The molecule has 0 heterocycles. The van der Waals surface area contributed by atoms with Gasteiger partial charge in [-0.1, -0.05) is 38.3 Å². The van der Waals surface area contributed by atoms with Gasteiger partial charge in [-0.25, -0.2) is 4.79 Å². The van der Waals surface area contributed by atoms with Crippen molar-refractivity contribution >= 4 is 11.9 Å². The van der Waals surface area contributed by atoms with Gasteiger partial charge in [0.2, 0.25) is 5.91 Å². The first-order chi connectivity index (χ1) is 10.7. The molecule has 1 amide bonds. The third-order valence-corrected chi connectivity index (χ3v) is 3.24. The molecule has 22 heavy (non-hydrogen) atoms. The van der Waals surface area contributed by atoms with Crippen molar-refractivity contribution in [2.24, 2.45) is 0 Å². The summed E-state index contributed by atoms with van der Waals surface area (Å²) in [5.41, 5.74) is 0.385. The third kappa shape index (κ3) is 6.61. The van der Waals surface area contributed by atoms with Crippen molar-refractivity contribution in [1.82, 2.24) is 5.32 Å². The van der Waals surface area contributed by atoms with E-state index in [9.17, 15) is 9.59 Å². The number of nitrogens with one attached hydrogen (secondary N) is 1. The summed E-state index contributed by atoms with van der Waals surface area (Å²) in [6.45, 7) is 2.61. The van der Waals surface area contributed by atoms with Gasteiger partial charge >= 0.3 is 5.97 Å². The lowest BCUT2D eigenvalue weighted by Gasteiger charge is -2.09. The van der Waals surface area contributed by atoms with E-state index in [1.165, 1.54) is 7.11 Å². The maximum absolute atomic E-state index is 11.9. The molecule has 0 saturated heterocycles. The minimum absolute atomic E-state index is 0.00411. The van der Waals surface area contributed by atoms with Crippen LogP contribution in [-0.4, -0.2) is 32.1 Å². The molecule has 0 bridgehead atoms. The predicted octanol–water partition coefficient (Wildman–Crippen LogP) is 2.94. The normalized spacial score (nSPS) is 10.1. The molecule has 122 valence electrons. The fraction of sp³-hybridized carbons (Fsp3) is 0.529. The summed E-state index contributed by atoms with van der Waals surface area (Å²) in [5, 5.41) is 2.75. The zero-order valence-electron chi connectivity index (χ0n) is 13.4. The van der Waals surface area contributed by atoms with Crippen LogP contribution in [0.2, 0.25) is 0 Å². The molecule has 0 aliphatic rings. The van der Waals surface area contributed by atoms with Gasteiger partial charge in [-0.2, -0.15) is 0 Å². The van der Waals surface area contributed by atoms with Crippen molar-refractivity contribution in [2.75, 3.05) is 20.3 Å². The second-order valence-corrected chi connectivity index (χ2v) is 5.00. The van der Waals surface area contributed by atoms with Gasteiger partial charge in [0.1, 0.15) is 17.9 Å². The van der Waals surface area contributed by atoms with Crippen LogP contribution in [0.3, 0.4) is 0 Å². The second kappa shape index (κ2) is 10.7. The Labute approximate surface area is 132 Å². The highest BCUT2D eigenvalue weighted by atomic mass is 16.5. The van der Waals surface area contributed by atoms with Crippen LogP contribution in [0.25, 0.3) is 0 Å². The van der Waals surface area contributed by atoms with Gasteiger partial charge < -0.3 is 14.8 Å². The molecule has 5 heteroatoms. The lowest BCUT2D eigenvalue weighted by Crippen LogP contribution is -2.27. The number of ether oxygens (including phenoxy) is 2. The average Bonchev–Trinajstić information content (AvgIpc) is 2.55. The molecule has 0 aromatic heterocycles. The lowest BCUT2D eigenvalue weighted by molar-refractivity contribution is -0.121. The van der Waals surface area contributed by atoms with Crippen LogP contribution in [0, 0.1) is 0 Å². The number of amides is 1. The molecule has 5 nitrogen and oxygen atoms in total. The zero-order valence-corrected chi connectivity index (χ0v) is 13.4. The number of hydrogen-bond donors (Lipinski definition) is 1. The van der Waals surface area contributed by atoms with Gasteiger partial charge in [0.15, 0.2) is 0 Å². The highest BCUT2D eigenvalue weighted by Gasteiger charge is 2.12. The Hall–Kier alpha value is -2.04. The van der Waals surface area contributed by atoms with Crippen molar-refractivity contribution in [3.63, 3.8) is 0 Å². The summed E-state index contributed by atoms with van der Waals surface area (Å²) in [7, 11) is 1.50. The largest absolute Gasteiger partial charge is 0.496 e. The second-order valence-electron chi connectivity index (χ2n) is 5.00. The molecule has 0 aliphatic carbocycles. The van der Waals surface area contributed by atoms with Crippen LogP contribution >= 0.6 is 0 Å². The Morgan fingerprint density at radius 1 is 1.14 bits per heavy atom. The molecule has 1 aromatic rings. The van der Waals surface area contributed by atoms with Crippen LogP contribution in [-0.2, 0) is 9.53 Å². The third-order valence-electron chi connectivity index (χ3n) is 3.24. The minimum Gasteiger partial charge on any atom is -0.496 e. The zero-order chi connectivity index (χ0) is 16.2. The highest BCUT2D eigenvalue weighted by Crippen LogP contribution is 2.17. The lowest BCUT2D eigenvalue weighted by atomic mass is 10.1. The topological polar surface area (TPSA) is 64.6 Å². The van der Waals surface area contributed by atoms with Crippen LogP contribution in [0.5, 0.6) is 5.75 Å². The van der Waals surface area contributed by atoms with Gasteiger partial charge in [-0.15, -0.1) is 0 Å². The Kier molecular flexibility index (Phi) is 8.72. The van der Waals surface area contributed by atoms with Gasteiger partial charge in [0.05, 0.1) is 13.7 Å². The number of benzene rings is 1. The van der Waals surface area contributed by atoms with Gasteiger partial charge in [-0.05, 0) is 18.6 Å². The van der Waals surface area contributed by atoms with E-state index in [-0.39, 0.29) is 12.5 Å². The van der Waals surface area contributed by atoms with E-state index in [2.05, 4.69) is 12.2 Å². The Balaban J connectivity index is 2.21. The fourth-order valence-electron chi connectivity index (χ4n) is 2.03. The number of rotatable bonds is 10. The molecule has 1 N–H and O–H groups in total. The first-order valence-electron chi connectivity index (χ1n) is 7.75. The minimum atomic E-state index is -0.449. The summed E-state index contributed by atoms with van der Waals surface area (Å²) in [6.07, 6.45) is 4.82. The molecule has 0 fully saturated rings. The summed E-state index contributed by atoms with van der Waals surface area (Å²) >= 11 is 0. The number of unbranched alkanes of at least 4 members (excludes halogenated alkanes) is 3. The van der Waals surface area contributed by atoms with E-state index < -0.39 is 5.97 Å². The predicted molar refractivity (Wildman–Crippen MR) is 85.0 cm³/mol. The van der Waals surface area contributed by atoms with E-state index in [4.69, 9.17) is 9.47 Å². The van der Waals surface area contributed by atoms with Crippen molar-refractivity contribution in [1.29, 1.82) is 0 Å². The SMILES string of the molecule is CCCCCCC(=O)NCCOC(=O)c1ccccc1OC. The summed E-state index contributed by atoms with van der Waals surface area (Å²) in [6, 6.07) is 6.88. The van der Waals surface area contributed by atoms with Crippen molar-refractivity contribution < 1.29 is 19.1 Å². The van der Waals surface area contributed by atoms with Crippen molar-refractivity contribution in [2.45, 2.75) is 39.0 Å². The molecular weight excluding hydrogens is 282 g/mol. The van der Waals surface area contributed by atoms with Crippen LogP contribution < -0.4 is 10.1 Å². The first kappa shape index (κ1) is 18.0. The van der Waals surface area contributed by atoms with Crippen molar-refractivity contribution in [3.05, 3.63) is 29.8 Å². The van der Waals surface area contributed by atoms with Crippen LogP contribution in [0.1, 0.15) is 49.4 Å². The van der Waals surface area contributed by atoms with E-state index in [1.54, 1.807) is 24.3 Å². The summed E-state index contributed by atoms with van der Waals surface area (Å²) in [4.78, 5) is 23.4. The molecule has 0 unspecified atom stereocenters. The Morgan fingerprint density at radius 2 is 1.91 bits per heavy atom. The van der Waals surface area contributed by atoms with Gasteiger partial charge in [-0.3, -0.25) is 4.79 Å². The summed E-state index contributed by atoms with van der Waals surface area (Å²) in [5.74, 6) is 0.0338. The molecule has 0 saturated carbocycles. The highest BCUT2D eigenvalue weighted by molar-refractivity contribution is 5.92. The number of methoxy groups -OCH3 is 1. The number of carbonyl (C=O) groups excluding carboxylic acids is 2. The number of carbonyl (C=O) groups is 2. The van der Waals surface area contributed by atoms with Gasteiger partial charge in [0, 0.05) is 6.42 Å². The maximum atomic E-state index is 11.9. The molecule has 1 aromatic carbocycles. The molecule has 1 rings (SSSR count). The van der Waals surface area contributed by atoms with E-state index >= 15 is 0 Å². The van der Waals surface area contributed by atoms with Crippen molar-refractivity contribution in [3.8, 4) is 5.75 Å². The molecule has 0 spiro atoms. The van der Waals surface area contributed by atoms with Crippen LogP contribution in [0.15, 0.2) is 24.3 Å². The average molecular weight is 307 g/mol. The molecule has 0 aliphatic heterocycles. The number of hydrogen-bond acceptors (Lipinski definition) is 4. The molecular formula is C17H25NO4. The number of para-hydroxylation sites is 1. The Bertz CT molecular complexity index is 473. The standard InChI is InChI=1S/C17H25NO4/c1-3-4-5-6-11-16(19)18-12-13-22-17(20)14-9-7-8-10-15(14)21-2/h7-10H,3-6,11-13H2,1-2H3,(H,18,19). The Morgan fingerprint density at radius 3 is 2.64 bits per heavy atom. The van der Waals surface area contributed by atoms with Gasteiger partial charge in [0.25, 0.3) is 0 Å².